The number of ether oxygens (including phenoxy) is 1. The van der Waals surface area contributed by atoms with E-state index in [1.165, 1.54) is 0 Å². The van der Waals surface area contributed by atoms with Crippen molar-refractivity contribution in [1.29, 1.82) is 5.41 Å². The number of hydrogen-bond donors (Lipinski definition) is 3. The molecule has 7 heteroatoms. The molecule has 204 valence electrons. The smallest absolute Gasteiger partial charge is 0.239 e. The SMILES string of the molecule is N=C(N)C1CCC2CC(C(=O)N3CCC(CCN)CC3)N(CC3CCC(Oc4ccccc4)CC3)C2C1. The summed E-state index contributed by atoms with van der Waals surface area (Å²) >= 11 is 0. The van der Waals surface area contributed by atoms with Gasteiger partial charge in [-0.3, -0.25) is 15.1 Å². The third-order valence-corrected chi connectivity index (χ3v) is 9.84. The number of hydrogen-bond acceptors (Lipinski definition) is 5. The van der Waals surface area contributed by atoms with Crippen LogP contribution in [-0.4, -0.2) is 65.9 Å². The second-order valence-electron chi connectivity index (χ2n) is 12.2. The summed E-state index contributed by atoms with van der Waals surface area (Å²) in [5.41, 5.74) is 11.8. The summed E-state index contributed by atoms with van der Waals surface area (Å²) in [4.78, 5) is 18.6. The van der Waals surface area contributed by atoms with Gasteiger partial charge in [0.15, 0.2) is 0 Å². The average molecular weight is 510 g/mol. The molecule has 0 aromatic heterocycles. The molecule has 4 atom stereocenters. The van der Waals surface area contributed by atoms with Crippen LogP contribution in [0.4, 0.5) is 0 Å². The molecule has 37 heavy (non-hydrogen) atoms. The molecule has 1 aromatic carbocycles. The molecule has 2 saturated heterocycles. The topological polar surface area (TPSA) is 109 Å². The van der Waals surface area contributed by atoms with Gasteiger partial charge in [0, 0.05) is 31.6 Å². The molecule has 0 bridgehead atoms. The Bertz CT molecular complexity index is 894. The summed E-state index contributed by atoms with van der Waals surface area (Å²) in [7, 11) is 0. The average Bonchev–Trinajstić information content (AvgIpc) is 3.28. The van der Waals surface area contributed by atoms with Gasteiger partial charge in [0.25, 0.3) is 0 Å². The Balaban J connectivity index is 1.23. The Morgan fingerprint density at radius 2 is 1.68 bits per heavy atom. The molecule has 4 aliphatic rings. The van der Waals surface area contributed by atoms with Gasteiger partial charge in [-0.1, -0.05) is 18.2 Å². The molecule has 1 aromatic rings. The molecule has 7 nitrogen and oxygen atoms in total. The van der Waals surface area contributed by atoms with Gasteiger partial charge in [0.05, 0.1) is 18.0 Å². The van der Waals surface area contributed by atoms with E-state index in [4.69, 9.17) is 21.6 Å². The van der Waals surface area contributed by atoms with E-state index in [0.29, 0.717) is 35.5 Å². The van der Waals surface area contributed by atoms with E-state index in [1.54, 1.807) is 0 Å². The van der Waals surface area contributed by atoms with Crippen LogP contribution in [0.5, 0.6) is 5.75 Å². The zero-order chi connectivity index (χ0) is 25.8. The summed E-state index contributed by atoms with van der Waals surface area (Å²) < 4.78 is 6.24. The number of rotatable bonds is 8. The summed E-state index contributed by atoms with van der Waals surface area (Å²) in [5.74, 6) is 3.62. The zero-order valence-electron chi connectivity index (χ0n) is 22.4. The van der Waals surface area contributed by atoms with E-state index in [-0.39, 0.29) is 18.1 Å². The lowest BCUT2D eigenvalue weighted by Crippen LogP contribution is -2.52. The molecule has 2 saturated carbocycles. The van der Waals surface area contributed by atoms with Crippen LogP contribution in [0.2, 0.25) is 0 Å². The molecule has 2 heterocycles. The van der Waals surface area contributed by atoms with Crippen LogP contribution in [0.3, 0.4) is 0 Å². The Morgan fingerprint density at radius 3 is 2.35 bits per heavy atom. The number of piperidine rings is 1. The second kappa shape index (κ2) is 12.2. The fourth-order valence-corrected chi connectivity index (χ4v) is 7.64. The molecule has 5 N–H and O–H groups in total. The highest BCUT2D eigenvalue weighted by Crippen LogP contribution is 2.44. The molecule has 0 radical (unpaired) electrons. The van der Waals surface area contributed by atoms with Gasteiger partial charge in [-0.05, 0) is 107 Å². The largest absolute Gasteiger partial charge is 0.490 e. The van der Waals surface area contributed by atoms with Crippen LogP contribution in [0.15, 0.2) is 30.3 Å². The first-order valence-electron chi connectivity index (χ1n) is 14.8. The minimum absolute atomic E-state index is 0.00920. The van der Waals surface area contributed by atoms with Crippen LogP contribution >= 0.6 is 0 Å². The van der Waals surface area contributed by atoms with E-state index in [1.807, 2.05) is 30.3 Å². The van der Waals surface area contributed by atoms with E-state index >= 15 is 0 Å². The normalized spacial score (nSPS) is 33.2. The molecule has 4 unspecified atom stereocenters. The van der Waals surface area contributed by atoms with E-state index in [2.05, 4.69) is 9.80 Å². The Kier molecular flexibility index (Phi) is 8.71. The van der Waals surface area contributed by atoms with Crippen molar-refractivity contribution in [2.75, 3.05) is 26.2 Å². The number of fused-ring (bicyclic) bond motifs is 1. The van der Waals surface area contributed by atoms with Crippen molar-refractivity contribution in [3.63, 3.8) is 0 Å². The van der Waals surface area contributed by atoms with E-state index in [9.17, 15) is 4.79 Å². The van der Waals surface area contributed by atoms with Gasteiger partial charge in [0.1, 0.15) is 5.75 Å². The van der Waals surface area contributed by atoms with Crippen LogP contribution in [0, 0.1) is 29.1 Å². The number of amides is 1. The number of nitrogens with one attached hydrogen (secondary N) is 1. The number of likely N-dealkylation sites (tertiary alicyclic amines) is 2. The maximum Gasteiger partial charge on any atom is 0.239 e. The molecular weight excluding hydrogens is 462 g/mol. The van der Waals surface area contributed by atoms with Crippen LogP contribution < -0.4 is 16.2 Å². The van der Waals surface area contributed by atoms with Gasteiger partial charge in [0.2, 0.25) is 5.91 Å². The van der Waals surface area contributed by atoms with Crippen LogP contribution in [-0.2, 0) is 4.79 Å². The van der Waals surface area contributed by atoms with Crippen LogP contribution in [0.1, 0.15) is 70.6 Å². The number of benzene rings is 1. The maximum absolute atomic E-state index is 13.9. The summed E-state index contributed by atoms with van der Waals surface area (Å²) in [6, 6.07) is 10.5. The standard InChI is InChI=1S/C30H47N5O2/c31-15-12-21-13-16-34(17-14-21)30(36)28-18-23-8-9-24(29(32)33)19-27(23)35(28)20-22-6-10-26(11-7-22)37-25-4-2-1-3-5-25/h1-5,21-24,26-28H,6-20,31H2,(H3,32,33). The van der Waals surface area contributed by atoms with Crippen molar-refractivity contribution in [1.82, 2.24) is 9.80 Å². The van der Waals surface area contributed by atoms with Crippen molar-refractivity contribution in [2.45, 2.75) is 88.8 Å². The summed E-state index contributed by atoms with van der Waals surface area (Å²) in [6.45, 7) is 3.49. The Labute approximate surface area is 222 Å². The molecule has 5 rings (SSSR count). The molecule has 2 aliphatic heterocycles. The maximum atomic E-state index is 13.9. The predicted molar refractivity (Wildman–Crippen MR) is 147 cm³/mol. The van der Waals surface area contributed by atoms with Gasteiger partial charge in [-0.15, -0.1) is 0 Å². The number of nitrogens with zero attached hydrogens (tertiary/aromatic N) is 2. The minimum Gasteiger partial charge on any atom is -0.490 e. The lowest BCUT2D eigenvalue weighted by atomic mass is 9.77. The quantitative estimate of drug-likeness (QED) is 0.362. The van der Waals surface area contributed by atoms with Crippen LogP contribution in [0.25, 0.3) is 0 Å². The predicted octanol–water partition coefficient (Wildman–Crippen LogP) is 4.01. The van der Waals surface area contributed by atoms with Gasteiger partial charge < -0.3 is 21.1 Å². The third-order valence-electron chi connectivity index (χ3n) is 9.84. The van der Waals surface area contributed by atoms with Gasteiger partial charge in [-0.25, -0.2) is 0 Å². The first kappa shape index (κ1) is 26.5. The molecule has 2 aliphatic carbocycles. The third kappa shape index (κ3) is 6.31. The molecule has 0 spiro atoms. The Morgan fingerprint density at radius 1 is 0.946 bits per heavy atom. The second-order valence-corrected chi connectivity index (χ2v) is 12.2. The zero-order valence-corrected chi connectivity index (χ0v) is 22.4. The molecular formula is C30H47N5O2. The molecule has 4 fully saturated rings. The highest BCUT2D eigenvalue weighted by Gasteiger charge is 2.49. The van der Waals surface area contributed by atoms with E-state index in [0.717, 1.165) is 103 Å². The number of amidine groups is 1. The first-order chi connectivity index (χ1) is 18.0. The van der Waals surface area contributed by atoms with Gasteiger partial charge >= 0.3 is 0 Å². The number of para-hydroxylation sites is 1. The summed E-state index contributed by atoms with van der Waals surface area (Å²) in [6.07, 6.45) is 12.0. The fourth-order valence-electron chi connectivity index (χ4n) is 7.64. The lowest BCUT2D eigenvalue weighted by molar-refractivity contribution is -0.138. The number of nitrogens with two attached hydrogens (primary N) is 2. The monoisotopic (exact) mass is 509 g/mol. The summed E-state index contributed by atoms with van der Waals surface area (Å²) in [5, 5.41) is 8.08. The highest BCUT2D eigenvalue weighted by atomic mass is 16.5. The fraction of sp³-hybridized carbons (Fsp3) is 0.733. The lowest BCUT2D eigenvalue weighted by Gasteiger charge is -2.41. The van der Waals surface area contributed by atoms with Crippen molar-refractivity contribution in [2.24, 2.45) is 35.1 Å². The van der Waals surface area contributed by atoms with Crippen molar-refractivity contribution in [3.8, 4) is 5.75 Å². The number of carbonyl (C=O) groups excluding carboxylic acids is 1. The van der Waals surface area contributed by atoms with Crippen molar-refractivity contribution in [3.05, 3.63) is 30.3 Å². The van der Waals surface area contributed by atoms with E-state index < -0.39 is 0 Å². The highest BCUT2D eigenvalue weighted by molar-refractivity contribution is 5.83. The van der Waals surface area contributed by atoms with Crippen molar-refractivity contribution >= 4 is 11.7 Å². The first-order valence-corrected chi connectivity index (χ1v) is 14.8. The molecule has 1 amide bonds. The van der Waals surface area contributed by atoms with Crippen molar-refractivity contribution < 1.29 is 9.53 Å². The van der Waals surface area contributed by atoms with Gasteiger partial charge in [-0.2, -0.15) is 0 Å². The number of carbonyl (C=O) groups is 1. The minimum atomic E-state index is -0.00920. The Hall–Kier alpha value is -2.12.